The molecule has 0 unspecified atom stereocenters. The molecule has 0 spiro atoms. The summed E-state index contributed by atoms with van der Waals surface area (Å²) in [6.07, 6.45) is 6.00. The molecular formula is C27H31N5O3. The van der Waals surface area contributed by atoms with Gasteiger partial charge >= 0.3 is 0 Å². The maximum Gasteiger partial charge on any atom is 0.258 e. The molecular weight excluding hydrogens is 442 g/mol. The smallest absolute Gasteiger partial charge is 0.258 e. The number of aryl methyl sites for hydroxylation is 1. The Balaban J connectivity index is 1.60. The van der Waals surface area contributed by atoms with Crippen LogP contribution in [0.25, 0.3) is 11.0 Å². The van der Waals surface area contributed by atoms with Crippen molar-refractivity contribution in [1.29, 1.82) is 5.26 Å². The molecule has 1 saturated carbocycles. The number of fused-ring (bicyclic) bond motifs is 1. The van der Waals surface area contributed by atoms with Gasteiger partial charge in [-0.05, 0) is 61.6 Å². The van der Waals surface area contributed by atoms with Crippen molar-refractivity contribution in [3.8, 4) is 6.07 Å². The van der Waals surface area contributed by atoms with Crippen LogP contribution < -0.4 is 10.2 Å². The van der Waals surface area contributed by atoms with E-state index < -0.39 is 0 Å². The van der Waals surface area contributed by atoms with Crippen molar-refractivity contribution in [2.24, 2.45) is 5.92 Å². The maximum absolute atomic E-state index is 12.9. The Hall–Kier alpha value is -3.70. The SMILES string of the molecule is COCCCn1c(NC(=O)c2cccc(C#N)c2)nc2cc(N(C)C(=O)CC3CCCC3)ccc21. The van der Waals surface area contributed by atoms with E-state index in [-0.39, 0.29) is 11.8 Å². The predicted octanol–water partition coefficient (Wildman–Crippen LogP) is 4.74. The molecule has 0 bridgehead atoms. The van der Waals surface area contributed by atoms with E-state index in [9.17, 15) is 9.59 Å². The Morgan fingerprint density at radius 3 is 2.77 bits per heavy atom. The fourth-order valence-corrected chi connectivity index (χ4v) is 4.66. The second-order valence-corrected chi connectivity index (χ2v) is 9.06. The van der Waals surface area contributed by atoms with Crippen LogP contribution in [0, 0.1) is 17.2 Å². The second kappa shape index (κ2) is 11.2. The van der Waals surface area contributed by atoms with Crippen LogP contribution in [-0.4, -0.2) is 42.1 Å². The maximum atomic E-state index is 12.9. The Kier molecular flexibility index (Phi) is 7.78. The lowest BCUT2D eigenvalue weighted by molar-refractivity contribution is -0.119. The molecule has 1 heterocycles. The zero-order valence-corrected chi connectivity index (χ0v) is 20.3. The lowest BCUT2D eigenvalue weighted by Gasteiger charge is -2.19. The fourth-order valence-electron chi connectivity index (χ4n) is 4.66. The molecule has 0 saturated heterocycles. The van der Waals surface area contributed by atoms with Crippen LogP contribution in [0.2, 0.25) is 0 Å². The molecule has 1 N–H and O–H groups in total. The zero-order valence-electron chi connectivity index (χ0n) is 20.3. The van der Waals surface area contributed by atoms with Gasteiger partial charge in [-0.2, -0.15) is 5.26 Å². The van der Waals surface area contributed by atoms with Gasteiger partial charge in [0.1, 0.15) is 0 Å². The second-order valence-electron chi connectivity index (χ2n) is 9.06. The molecule has 0 radical (unpaired) electrons. The number of methoxy groups -OCH3 is 1. The summed E-state index contributed by atoms with van der Waals surface area (Å²) in [5.74, 6) is 0.673. The molecule has 8 nitrogen and oxygen atoms in total. The highest BCUT2D eigenvalue weighted by Crippen LogP contribution is 2.30. The molecule has 1 aliphatic rings. The third kappa shape index (κ3) is 5.69. The number of imidazole rings is 1. The Bertz CT molecular complexity index is 1250. The normalized spacial score (nSPS) is 13.6. The number of nitrogens with zero attached hydrogens (tertiary/aromatic N) is 4. The number of carbonyl (C=O) groups excluding carboxylic acids is 2. The zero-order chi connectivity index (χ0) is 24.8. The lowest BCUT2D eigenvalue weighted by Crippen LogP contribution is -2.27. The molecule has 8 heteroatoms. The van der Waals surface area contributed by atoms with Gasteiger partial charge in [-0.1, -0.05) is 18.9 Å². The molecule has 35 heavy (non-hydrogen) atoms. The van der Waals surface area contributed by atoms with Crippen molar-refractivity contribution in [2.75, 3.05) is 31.0 Å². The number of anilines is 2. The minimum Gasteiger partial charge on any atom is -0.385 e. The highest BCUT2D eigenvalue weighted by Gasteiger charge is 2.22. The first-order valence-electron chi connectivity index (χ1n) is 12.1. The number of aromatic nitrogens is 2. The first kappa shape index (κ1) is 24.4. The number of ether oxygens (including phenoxy) is 1. The average Bonchev–Trinajstić information content (AvgIpc) is 3.51. The van der Waals surface area contributed by atoms with Gasteiger partial charge in [0.15, 0.2) is 0 Å². The molecule has 2 amide bonds. The summed E-state index contributed by atoms with van der Waals surface area (Å²) in [5.41, 5.74) is 3.14. The number of nitrogens with one attached hydrogen (secondary N) is 1. The van der Waals surface area contributed by atoms with Crippen molar-refractivity contribution in [3.05, 3.63) is 53.6 Å². The Morgan fingerprint density at radius 2 is 2.03 bits per heavy atom. The summed E-state index contributed by atoms with van der Waals surface area (Å²) >= 11 is 0. The van der Waals surface area contributed by atoms with Crippen molar-refractivity contribution in [3.63, 3.8) is 0 Å². The molecule has 3 aromatic rings. The number of nitriles is 1. The van der Waals surface area contributed by atoms with Gasteiger partial charge in [-0.25, -0.2) is 4.98 Å². The molecule has 1 fully saturated rings. The van der Waals surface area contributed by atoms with Gasteiger partial charge in [-0.15, -0.1) is 0 Å². The number of carbonyl (C=O) groups is 2. The highest BCUT2D eigenvalue weighted by molar-refractivity contribution is 6.04. The summed E-state index contributed by atoms with van der Waals surface area (Å²) < 4.78 is 7.15. The van der Waals surface area contributed by atoms with Gasteiger partial charge < -0.3 is 14.2 Å². The number of hydrogen-bond donors (Lipinski definition) is 1. The largest absolute Gasteiger partial charge is 0.385 e. The Labute approximate surface area is 205 Å². The van der Waals surface area contributed by atoms with E-state index in [2.05, 4.69) is 11.4 Å². The van der Waals surface area contributed by atoms with E-state index in [1.54, 1.807) is 43.3 Å². The molecule has 1 aliphatic carbocycles. The third-order valence-electron chi connectivity index (χ3n) is 6.64. The van der Waals surface area contributed by atoms with E-state index >= 15 is 0 Å². The molecule has 4 rings (SSSR count). The molecule has 182 valence electrons. The minimum atomic E-state index is -0.338. The summed E-state index contributed by atoms with van der Waals surface area (Å²) in [6, 6.07) is 14.4. The molecule has 2 aromatic carbocycles. The van der Waals surface area contributed by atoms with Gasteiger partial charge in [-0.3, -0.25) is 14.9 Å². The third-order valence-corrected chi connectivity index (χ3v) is 6.64. The summed E-state index contributed by atoms with van der Waals surface area (Å²) in [4.78, 5) is 32.2. The first-order valence-corrected chi connectivity index (χ1v) is 12.1. The summed E-state index contributed by atoms with van der Waals surface area (Å²) in [5, 5.41) is 12.0. The number of hydrogen-bond acceptors (Lipinski definition) is 5. The number of benzene rings is 2. The van der Waals surface area contributed by atoms with E-state index in [4.69, 9.17) is 15.0 Å². The van der Waals surface area contributed by atoms with Crippen molar-refractivity contribution in [1.82, 2.24) is 9.55 Å². The summed E-state index contributed by atoms with van der Waals surface area (Å²) in [6.45, 7) is 1.18. The number of rotatable bonds is 9. The predicted molar refractivity (Wildman–Crippen MR) is 135 cm³/mol. The van der Waals surface area contributed by atoms with Crippen LogP contribution in [0.15, 0.2) is 42.5 Å². The van der Waals surface area contributed by atoms with E-state index in [1.807, 2.05) is 22.8 Å². The van der Waals surface area contributed by atoms with Crippen molar-refractivity contribution >= 4 is 34.5 Å². The van der Waals surface area contributed by atoms with Crippen LogP contribution in [0.3, 0.4) is 0 Å². The first-order chi connectivity index (χ1) is 17.0. The van der Waals surface area contributed by atoms with Crippen molar-refractivity contribution < 1.29 is 14.3 Å². The molecule has 0 aliphatic heterocycles. The van der Waals surface area contributed by atoms with E-state index in [1.165, 1.54) is 12.8 Å². The Morgan fingerprint density at radius 1 is 1.23 bits per heavy atom. The highest BCUT2D eigenvalue weighted by atomic mass is 16.5. The van der Waals surface area contributed by atoms with Gasteiger partial charge in [0.25, 0.3) is 5.91 Å². The van der Waals surface area contributed by atoms with Gasteiger partial charge in [0.2, 0.25) is 11.9 Å². The monoisotopic (exact) mass is 473 g/mol. The van der Waals surface area contributed by atoms with Crippen LogP contribution in [0.5, 0.6) is 0 Å². The lowest BCUT2D eigenvalue weighted by atomic mass is 10.0. The summed E-state index contributed by atoms with van der Waals surface area (Å²) in [7, 11) is 3.46. The van der Waals surface area contributed by atoms with Crippen LogP contribution in [-0.2, 0) is 16.1 Å². The average molecular weight is 474 g/mol. The van der Waals surface area contributed by atoms with E-state index in [0.717, 1.165) is 30.5 Å². The van der Waals surface area contributed by atoms with Gasteiger partial charge in [0.05, 0.1) is 22.7 Å². The quantitative estimate of drug-likeness (QED) is 0.453. The van der Waals surface area contributed by atoms with Crippen LogP contribution >= 0.6 is 0 Å². The minimum absolute atomic E-state index is 0.113. The standard InChI is InChI=1S/C27H31N5O3/c1-31(25(33)16-19-7-3-4-8-19)22-11-12-24-23(17-22)29-27(32(24)13-6-14-35-2)30-26(34)21-10-5-9-20(15-21)18-28/h5,9-12,15,17,19H,3-4,6-8,13-14,16H2,1-2H3,(H,29,30,34). The fraction of sp³-hybridized carbons (Fsp3) is 0.407. The molecule has 0 atom stereocenters. The van der Waals surface area contributed by atoms with Crippen molar-refractivity contribution in [2.45, 2.75) is 45.1 Å². The van der Waals surface area contributed by atoms with E-state index in [0.29, 0.717) is 48.1 Å². The van der Waals surface area contributed by atoms with Crippen LogP contribution in [0.4, 0.5) is 11.6 Å². The molecule has 1 aromatic heterocycles. The topological polar surface area (TPSA) is 100 Å². The van der Waals surface area contributed by atoms with Gasteiger partial charge in [0, 0.05) is 45.0 Å². The number of amides is 2. The van der Waals surface area contributed by atoms with Crippen LogP contribution in [0.1, 0.15) is 54.4 Å².